The molecule has 1 aliphatic rings. The molecular weight excluding hydrogens is 342 g/mol. The number of nitrogens with zero attached hydrogens (tertiary/aromatic N) is 1. The molecule has 1 unspecified atom stereocenters. The third-order valence-electron chi connectivity index (χ3n) is 4.29. The summed E-state index contributed by atoms with van der Waals surface area (Å²) < 4.78 is 15.5. The van der Waals surface area contributed by atoms with Gasteiger partial charge in [-0.05, 0) is 35.6 Å². The van der Waals surface area contributed by atoms with Crippen molar-refractivity contribution in [2.75, 3.05) is 27.9 Å². The van der Waals surface area contributed by atoms with Crippen LogP contribution in [0, 0.1) is 0 Å². The standard InChI is InChI=1S/C18H19NO5S/c1-22-11-4-5-12(14(10-11)23-2)17(20)19-8-6-15-13(7-9-25-15)16(19)18(21)24-3/h4-5,7,9-10,16H,6,8H2,1-3H3. The van der Waals surface area contributed by atoms with E-state index in [1.165, 1.54) is 14.2 Å². The summed E-state index contributed by atoms with van der Waals surface area (Å²) in [4.78, 5) is 28.2. The minimum atomic E-state index is -0.737. The van der Waals surface area contributed by atoms with Gasteiger partial charge in [0.15, 0.2) is 6.04 Å². The Bertz CT molecular complexity index is 801. The zero-order valence-electron chi connectivity index (χ0n) is 14.3. The highest BCUT2D eigenvalue weighted by Crippen LogP contribution is 2.36. The molecule has 0 bridgehead atoms. The lowest BCUT2D eigenvalue weighted by Crippen LogP contribution is -2.43. The molecule has 25 heavy (non-hydrogen) atoms. The normalized spacial score (nSPS) is 16.1. The van der Waals surface area contributed by atoms with E-state index in [0.717, 1.165) is 10.4 Å². The molecule has 6 nitrogen and oxygen atoms in total. The van der Waals surface area contributed by atoms with Gasteiger partial charge in [0.2, 0.25) is 0 Å². The zero-order chi connectivity index (χ0) is 18.0. The molecule has 1 amide bonds. The number of methoxy groups -OCH3 is 3. The Morgan fingerprint density at radius 3 is 2.64 bits per heavy atom. The van der Waals surface area contributed by atoms with Gasteiger partial charge in [0.05, 0.1) is 26.9 Å². The predicted molar refractivity (Wildman–Crippen MR) is 93.4 cm³/mol. The fraction of sp³-hybridized carbons (Fsp3) is 0.333. The van der Waals surface area contributed by atoms with Crippen LogP contribution in [0.4, 0.5) is 0 Å². The fourth-order valence-corrected chi connectivity index (χ4v) is 3.93. The topological polar surface area (TPSA) is 65.1 Å². The molecule has 7 heteroatoms. The maximum absolute atomic E-state index is 13.1. The van der Waals surface area contributed by atoms with Crippen LogP contribution in [0.5, 0.6) is 11.5 Å². The van der Waals surface area contributed by atoms with E-state index < -0.39 is 12.0 Å². The summed E-state index contributed by atoms with van der Waals surface area (Å²) in [6.45, 7) is 0.446. The van der Waals surface area contributed by atoms with Crippen molar-refractivity contribution in [2.45, 2.75) is 12.5 Å². The quantitative estimate of drug-likeness (QED) is 0.784. The number of benzene rings is 1. The number of carbonyl (C=O) groups excluding carboxylic acids is 2. The third-order valence-corrected chi connectivity index (χ3v) is 5.29. The average Bonchev–Trinajstić information content (AvgIpc) is 3.14. The van der Waals surface area contributed by atoms with Crippen molar-refractivity contribution >= 4 is 23.2 Å². The Kier molecular flexibility index (Phi) is 4.94. The maximum atomic E-state index is 13.1. The second-order valence-corrected chi connectivity index (χ2v) is 6.54. The largest absolute Gasteiger partial charge is 0.497 e. The molecule has 0 fully saturated rings. The van der Waals surface area contributed by atoms with Crippen LogP contribution in [0.3, 0.4) is 0 Å². The number of ether oxygens (including phenoxy) is 3. The van der Waals surface area contributed by atoms with Crippen molar-refractivity contribution in [2.24, 2.45) is 0 Å². The van der Waals surface area contributed by atoms with Crippen LogP contribution in [-0.4, -0.2) is 44.7 Å². The van der Waals surface area contributed by atoms with Gasteiger partial charge in [-0.15, -0.1) is 11.3 Å². The molecule has 0 saturated heterocycles. The van der Waals surface area contributed by atoms with Crippen molar-refractivity contribution in [3.63, 3.8) is 0 Å². The van der Waals surface area contributed by atoms with E-state index in [2.05, 4.69) is 0 Å². The van der Waals surface area contributed by atoms with Gasteiger partial charge in [0.25, 0.3) is 5.91 Å². The highest BCUT2D eigenvalue weighted by Gasteiger charge is 2.38. The Balaban J connectivity index is 2.00. The summed E-state index contributed by atoms with van der Waals surface area (Å²) in [6.07, 6.45) is 0.713. The summed E-state index contributed by atoms with van der Waals surface area (Å²) in [5, 5.41) is 1.93. The highest BCUT2D eigenvalue weighted by atomic mass is 32.1. The van der Waals surface area contributed by atoms with Crippen LogP contribution in [0.25, 0.3) is 0 Å². The van der Waals surface area contributed by atoms with Crippen molar-refractivity contribution in [1.82, 2.24) is 4.90 Å². The lowest BCUT2D eigenvalue weighted by atomic mass is 9.98. The lowest BCUT2D eigenvalue weighted by Gasteiger charge is -2.34. The minimum absolute atomic E-state index is 0.272. The summed E-state index contributed by atoms with van der Waals surface area (Å²) >= 11 is 1.59. The highest BCUT2D eigenvalue weighted by molar-refractivity contribution is 7.10. The predicted octanol–water partition coefficient (Wildman–Crippen LogP) is 2.68. The van der Waals surface area contributed by atoms with Crippen LogP contribution in [-0.2, 0) is 16.0 Å². The molecular formula is C18H19NO5S. The van der Waals surface area contributed by atoms with E-state index in [1.54, 1.807) is 41.5 Å². The molecule has 0 N–H and O–H groups in total. The van der Waals surface area contributed by atoms with Crippen molar-refractivity contribution < 1.29 is 23.8 Å². The molecule has 3 rings (SSSR count). The monoisotopic (exact) mass is 361 g/mol. The number of hydrogen-bond acceptors (Lipinski definition) is 6. The Labute approximate surface area is 149 Å². The van der Waals surface area contributed by atoms with E-state index in [-0.39, 0.29) is 5.91 Å². The van der Waals surface area contributed by atoms with Crippen LogP contribution in [0.1, 0.15) is 26.8 Å². The summed E-state index contributed by atoms with van der Waals surface area (Å²) in [5.41, 5.74) is 1.22. The first-order valence-electron chi connectivity index (χ1n) is 7.77. The lowest BCUT2D eigenvalue weighted by molar-refractivity contribution is -0.146. The van der Waals surface area contributed by atoms with Gasteiger partial charge in [0, 0.05) is 17.5 Å². The second-order valence-electron chi connectivity index (χ2n) is 5.54. The van der Waals surface area contributed by atoms with Gasteiger partial charge in [-0.1, -0.05) is 0 Å². The number of thiophene rings is 1. The van der Waals surface area contributed by atoms with Crippen LogP contribution in [0.15, 0.2) is 29.6 Å². The number of amides is 1. The number of esters is 1. The summed E-state index contributed by atoms with van der Waals surface area (Å²) in [7, 11) is 4.38. The smallest absolute Gasteiger partial charge is 0.333 e. The molecule has 0 saturated carbocycles. The maximum Gasteiger partial charge on any atom is 0.333 e. The fourth-order valence-electron chi connectivity index (χ4n) is 3.03. The molecule has 0 radical (unpaired) electrons. The molecule has 2 aromatic rings. The molecule has 1 aromatic heterocycles. The second kappa shape index (κ2) is 7.14. The SMILES string of the molecule is COC(=O)C1c2ccsc2CCN1C(=O)c1ccc(OC)cc1OC. The number of carbonyl (C=O) groups is 2. The van der Waals surface area contributed by atoms with Gasteiger partial charge < -0.3 is 19.1 Å². The first-order chi connectivity index (χ1) is 12.1. The van der Waals surface area contributed by atoms with Crippen molar-refractivity contribution in [1.29, 1.82) is 0 Å². The van der Waals surface area contributed by atoms with Gasteiger partial charge in [-0.3, -0.25) is 4.79 Å². The first-order valence-corrected chi connectivity index (χ1v) is 8.65. The summed E-state index contributed by atoms with van der Waals surface area (Å²) in [6, 6.07) is 6.15. The van der Waals surface area contributed by atoms with Crippen molar-refractivity contribution in [3.8, 4) is 11.5 Å². The van der Waals surface area contributed by atoms with E-state index >= 15 is 0 Å². The van der Waals surface area contributed by atoms with E-state index in [0.29, 0.717) is 30.0 Å². The molecule has 1 aliphatic heterocycles. The van der Waals surface area contributed by atoms with Crippen LogP contribution >= 0.6 is 11.3 Å². The first kappa shape index (κ1) is 17.3. The third kappa shape index (κ3) is 3.07. The van der Waals surface area contributed by atoms with Crippen molar-refractivity contribution in [3.05, 3.63) is 45.6 Å². The minimum Gasteiger partial charge on any atom is -0.497 e. The van der Waals surface area contributed by atoms with Gasteiger partial charge in [-0.2, -0.15) is 0 Å². The molecule has 132 valence electrons. The molecule has 1 aromatic carbocycles. The molecule has 1 atom stereocenters. The van der Waals surface area contributed by atoms with E-state index in [4.69, 9.17) is 14.2 Å². The Morgan fingerprint density at radius 2 is 1.96 bits per heavy atom. The van der Waals surface area contributed by atoms with E-state index in [1.807, 2.05) is 11.4 Å². The van der Waals surface area contributed by atoms with Gasteiger partial charge in [0.1, 0.15) is 11.5 Å². The van der Waals surface area contributed by atoms with E-state index in [9.17, 15) is 9.59 Å². The Hall–Kier alpha value is -2.54. The van der Waals surface area contributed by atoms with Gasteiger partial charge in [-0.25, -0.2) is 4.79 Å². The summed E-state index contributed by atoms with van der Waals surface area (Å²) in [5.74, 6) is 0.285. The Morgan fingerprint density at radius 1 is 1.16 bits per heavy atom. The molecule has 2 heterocycles. The number of fused-ring (bicyclic) bond motifs is 1. The molecule has 0 aliphatic carbocycles. The zero-order valence-corrected chi connectivity index (χ0v) is 15.1. The average molecular weight is 361 g/mol. The number of rotatable bonds is 4. The molecule has 0 spiro atoms. The van der Waals surface area contributed by atoms with Crippen LogP contribution in [0.2, 0.25) is 0 Å². The van der Waals surface area contributed by atoms with Gasteiger partial charge >= 0.3 is 5.97 Å². The van der Waals surface area contributed by atoms with Crippen LogP contribution < -0.4 is 9.47 Å². The number of hydrogen-bond donors (Lipinski definition) is 0.